The Labute approximate surface area is 207 Å². The minimum Gasteiger partial charge on any atom is -0.254 e. The van der Waals surface area contributed by atoms with Gasteiger partial charge in [-0.15, -0.1) is 0 Å². The summed E-state index contributed by atoms with van der Waals surface area (Å²) in [6.07, 6.45) is 1.85. The molecule has 166 valence electrons. The van der Waals surface area contributed by atoms with Crippen molar-refractivity contribution in [1.29, 1.82) is 0 Å². The molecular weight excluding hydrogens is 436 g/mol. The molecule has 0 saturated heterocycles. The van der Waals surface area contributed by atoms with Crippen molar-refractivity contribution >= 4 is 64.9 Å². The van der Waals surface area contributed by atoms with Gasteiger partial charge in [-0.3, -0.25) is 4.98 Å². The molecule has 0 fully saturated rings. The quantitative estimate of drug-likeness (QED) is 0.230. The number of pyridine rings is 2. The fraction of sp³-hybridized carbons (Fsp3) is 0. The van der Waals surface area contributed by atoms with Crippen molar-refractivity contribution in [1.82, 2.24) is 9.97 Å². The lowest BCUT2D eigenvalue weighted by Crippen LogP contribution is -1.92. The second-order valence-electron chi connectivity index (χ2n) is 9.39. The highest BCUT2D eigenvalue weighted by molar-refractivity contribution is 6.33. The van der Waals surface area contributed by atoms with Crippen LogP contribution in [0.4, 0.5) is 0 Å². The third-order valence-corrected chi connectivity index (χ3v) is 7.46. The van der Waals surface area contributed by atoms with Gasteiger partial charge in [0, 0.05) is 22.5 Å². The van der Waals surface area contributed by atoms with E-state index in [-0.39, 0.29) is 0 Å². The summed E-state index contributed by atoms with van der Waals surface area (Å²) in [7, 11) is 0. The third kappa shape index (κ3) is 2.67. The Balaban J connectivity index is 1.56. The van der Waals surface area contributed by atoms with Crippen molar-refractivity contribution in [3.05, 3.63) is 121 Å². The molecule has 0 bridgehead atoms. The molecular formula is C34H20N2. The van der Waals surface area contributed by atoms with Crippen LogP contribution in [-0.4, -0.2) is 9.97 Å². The van der Waals surface area contributed by atoms with Crippen LogP contribution in [0, 0.1) is 0 Å². The van der Waals surface area contributed by atoms with Gasteiger partial charge in [0.05, 0.1) is 16.7 Å². The summed E-state index contributed by atoms with van der Waals surface area (Å²) >= 11 is 0. The zero-order valence-corrected chi connectivity index (χ0v) is 19.4. The normalized spacial score (nSPS) is 11.9. The van der Waals surface area contributed by atoms with Crippen LogP contribution in [0.25, 0.3) is 76.2 Å². The van der Waals surface area contributed by atoms with Crippen LogP contribution >= 0.6 is 0 Å². The summed E-state index contributed by atoms with van der Waals surface area (Å²) in [5.74, 6) is 0. The van der Waals surface area contributed by atoms with Crippen LogP contribution in [0.2, 0.25) is 0 Å². The lowest BCUT2D eigenvalue weighted by Gasteiger charge is -2.16. The van der Waals surface area contributed by atoms with Crippen LogP contribution < -0.4 is 0 Å². The Morgan fingerprint density at radius 3 is 1.72 bits per heavy atom. The number of hydrogen-bond acceptors (Lipinski definition) is 2. The van der Waals surface area contributed by atoms with E-state index in [1.54, 1.807) is 0 Å². The lowest BCUT2D eigenvalue weighted by atomic mass is 9.88. The fourth-order valence-corrected chi connectivity index (χ4v) is 5.85. The third-order valence-electron chi connectivity index (χ3n) is 7.46. The molecule has 0 aliphatic heterocycles. The maximum Gasteiger partial charge on any atom is 0.0972 e. The lowest BCUT2D eigenvalue weighted by molar-refractivity contribution is 1.37. The molecule has 2 aromatic heterocycles. The van der Waals surface area contributed by atoms with Gasteiger partial charge >= 0.3 is 0 Å². The highest BCUT2D eigenvalue weighted by Gasteiger charge is 2.16. The van der Waals surface area contributed by atoms with Gasteiger partial charge in [-0.1, -0.05) is 97.1 Å². The van der Waals surface area contributed by atoms with E-state index in [0.717, 1.165) is 33.1 Å². The Morgan fingerprint density at radius 1 is 0.417 bits per heavy atom. The SMILES string of the molecule is c1cnc2c(c1)ccc1ccc(-c3cc4c5ccccc5c5ccccc5c4c4ccccc34)nc12. The number of benzene rings is 6. The molecule has 0 amide bonds. The van der Waals surface area contributed by atoms with E-state index in [1.807, 2.05) is 12.3 Å². The molecule has 0 radical (unpaired) electrons. The predicted molar refractivity (Wildman–Crippen MR) is 153 cm³/mol. The first-order chi connectivity index (χ1) is 17.9. The highest BCUT2D eigenvalue weighted by Crippen LogP contribution is 2.42. The largest absolute Gasteiger partial charge is 0.254 e. The molecule has 0 unspecified atom stereocenters. The summed E-state index contributed by atoms with van der Waals surface area (Å²) in [6, 6.07) is 41.2. The molecule has 0 aliphatic carbocycles. The van der Waals surface area contributed by atoms with Gasteiger partial charge in [-0.2, -0.15) is 0 Å². The van der Waals surface area contributed by atoms with Gasteiger partial charge in [-0.05, 0) is 61.3 Å². The van der Waals surface area contributed by atoms with E-state index in [4.69, 9.17) is 4.98 Å². The van der Waals surface area contributed by atoms with Crippen LogP contribution in [0.1, 0.15) is 0 Å². The Bertz CT molecular complexity index is 2160. The molecule has 0 spiro atoms. The van der Waals surface area contributed by atoms with E-state index in [2.05, 4.69) is 114 Å². The van der Waals surface area contributed by atoms with Crippen molar-refractivity contribution in [3.63, 3.8) is 0 Å². The van der Waals surface area contributed by atoms with Crippen LogP contribution in [0.3, 0.4) is 0 Å². The zero-order chi connectivity index (χ0) is 23.6. The molecule has 0 aliphatic rings. The Morgan fingerprint density at radius 2 is 0.972 bits per heavy atom. The van der Waals surface area contributed by atoms with Gasteiger partial charge in [0.1, 0.15) is 0 Å². The molecule has 0 N–H and O–H groups in total. The molecule has 8 rings (SSSR count). The minimum atomic E-state index is 0.943. The summed E-state index contributed by atoms with van der Waals surface area (Å²) in [6.45, 7) is 0. The molecule has 2 heteroatoms. The number of hydrogen-bond donors (Lipinski definition) is 0. The van der Waals surface area contributed by atoms with E-state index in [9.17, 15) is 0 Å². The molecule has 2 heterocycles. The van der Waals surface area contributed by atoms with E-state index in [1.165, 1.54) is 43.1 Å². The maximum atomic E-state index is 5.21. The standard InChI is InChI=1S/C34H20N2/c1-2-11-25-23(9-1)24-10-3-5-13-27(24)32-28-14-6-4-12-26(28)29(20-30(25)32)31-18-17-22-16-15-21-8-7-19-35-33(21)34(22)36-31/h1-20H. The molecule has 0 saturated carbocycles. The molecule has 2 nitrogen and oxygen atoms in total. The van der Waals surface area contributed by atoms with Crippen molar-refractivity contribution in [2.75, 3.05) is 0 Å². The Hall–Kier alpha value is -4.82. The van der Waals surface area contributed by atoms with Crippen molar-refractivity contribution < 1.29 is 0 Å². The average Bonchev–Trinajstić information content (AvgIpc) is 2.96. The molecule has 8 aromatic rings. The van der Waals surface area contributed by atoms with Crippen LogP contribution in [-0.2, 0) is 0 Å². The topological polar surface area (TPSA) is 25.8 Å². The Kier molecular flexibility index (Phi) is 3.97. The minimum absolute atomic E-state index is 0.943. The summed E-state index contributed by atoms with van der Waals surface area (Å²) in [4.78, 5) is 9.88. The summed E-state index contributed by atoms with van der Waals surface area (Å²) in [5.41, 5.74) is 4.00. The molecule has 0 atom stereocenters. The monoisotopic (exact) mass is 456 g/mol. The average molecular weight is 457 g/mol. The van der Waals surface area contributed by atoms with Crippen molar-refractivity contribution in [2.24, 2.45) is 0 Å². The summed E-state index contributed by atoms with van der Waals surface area (Å²) < 4.78 is 0. The van der Waals surface area contributed by atoms with Gasteiger partial charge in [-0.25, -0.2) is 4.98 Å². The highest BCUT2D eigenvalue weighted by atomic mass is 14.8. The van der Waals surface area contributed by atoms with E-state index < -0.39 is 0 Å². The first-order valence-electron chi connectivity index (χ1n) is 12.3. The van der Waals surface area contributed by atoms with Gasteiger partial charge in [0.15, 0.2) is 0 Å². The van der Waals surface area contributed by atoms with E-state index >= 15 is 0 Å². The molecule has 6 aromatic carbocycles. The van der Waals surface area contributed by atoms with Crippen LogP contribution in [0.15, 0.2) is 121 Å². The first kappa shape index (κ1) is 19.5. The summed E-state index contributed by atoms with van der Waals surface area (Å²) in [5, 5.41) is 12.4. The second kappa shape index (κ2) is 7.34. The first-order valence-corrected chi connectivity index (χ1v) is 12.3. The van der Waals surface area contributed by atoms with Crippen LogP contribution in [0.5, 0.6) is 0 Å². The number of fused-ring (bicyclic) bond motifs is 11. The van der Waals surface area contributed by atoms with Crippen molar-refractivity contribution in [2.45, 2.75) is 0 Å². The second-order valence-corrected chi connectivity index (χ2v) is 9.39. The molecule has 36 heavy (non-hydrogen) atoms. The number of nitrogens with zero attached hydrogens (tertiary/aromatic N) is 2. The van der Waals surface area contributed by atoms with Gasteiger partial charge in [0.25, 0.3) is 0 Å². The van der Waals surface area contributed by atoms with E-state index in [0.29, 0.717) is 0 Å². The van der Waals surface area contributed by atoms with Crippen molar-refractivity contribution in [3.8, 4) is 11.3 Å². The smallest absolute Gasteiger partial charge is 0.0972 e. The maximum absolute atomic E-state index is 5.21. The fourth-order valence-electron chi connectivity index (χ4n) is 5.85. The number of rotatable bonds is 1. The number of aromatic nitrogens is 2. The predicted octanol–water partition coefficient (Wildman–Crippen LogP) is 9.06. The van der Waals surface area contributed by atoms with Gasteiger partial charge in [0.2, 0.25) is 0 Å². The van der Waals surface area contributed by atoms with Gasteiger partial charge < -0.3 is 0 Å². The zero-order valence-electron chi connectivity index (χ0n) is 19.4.